The van der Waals surface area contributed by atoms with Crippen LogP contribution in [0.4, 0.5) is 0 Å². The van der Waals surface area contributed by atoms with Gasteiger partial charge in [-0.15, -0.1) is 0 Å². The first kappa shape index (κ1) is 16.2. The largest absolute Gasteiger partial charge is 0.392 e. The normalized spacial score (nSPS) is 11.8. The molecular weight excluding hydrogens is 358 g/mol. The average Bonchev–Trinajstić information content (AvgIpc) is 2.94. The summed E-state index contributed by atoms with van der Waals surface area (Å²) in [5.41, 5.74) is 1.15. The average molecular weight is 374 g/mol. The number of hydrogen-bond acceptors (Lipinski definition) is 4. The third-order valence-corrected chi connectivity index (χ3v) is 5.43. The van der Waals surface area contributed by atoms with Gasteiger partial charge in [0.05, 0.1) is 18.0 Å². The van der Waals surface area contributed by atoms with Gasteiger partial charge < -0.3 is 5.11 Å². The number of benzene rings is 1. The standard InChI is InChI=1S/C13H16BrN3O3S/c1-10-12(14)7-11(9-18)8-13(10)21(19,20)16-4-6-17-5-2-3-15-17/h2-3,5,7-8,16,18H,4,6,9H2,1H3. The SMILES string of the molecule is Cc1c(Br)cc(CO)cc1S(=O)(=O)NCCn1cccn1. The Balaban J connectivity index is 2.17. The van der Waals surface area contributed by atoms with Gasteiger partial charge in [-0.25, -0.2) is 13.1 Å². The molecule has 0 fully saturated rings. The Labute approximate surface area is 132 Å². The lowest BCUT2D eigenvalue weighted by atomic mass is 10.2. The summed E-state index contributed by atoms with van der Waals surface area (Å²) in [6, 6.07) is 4.97. The second-order valence-corrected chi connectivity index (χ2v) is 7.12. The van der Waals surface area contributed by atoms with Gasteiger partial charge in [-0.3, -0.25) is 4.68 Å². The summed E-state index contributed by atoms with van der Waals surface area (Å²) in [6.07, 6.45) is 3.41. The van der Waals surface area contributed by atoms with E-state index in [0.29, 0.717) is 22.1 Å². The number of aliphatic hydroxyl groups excluding tert-OH is 1. The van der Waals surface area contributed by atoms with E-state index < -0.39 is 10.0 Å². The smallest absolute Gasteiger partial charge is 0.240 e. The molecule has 0 spiro atoms. The molecule has 0 aliphatic carbocycles. The maximum Gasteiger partial charge on any atom is 0.240 e. The molecule has 2 aromatic rings. The highest BCUT2D eigenvalue weighted by atomic mass is 79.9. The summed E-state index contributed by atoms with van der Waals surface area (Å²) in [5, 5.41) is 13.2. The van der Waals surface area contributed by atoms with Gasteiger partial charge in [-0.05, 0) is 36.2 Å². The highest BCUT2D eigenvalue weighted by Crippen LogP contribution is 2.25. The number of aliphatic hydroxyl groups is 1. The molecule has 0 bridgehead atoms. The molecule has 0 saturated carbocycles. The van der Waals surface area contributed by atoms with Crippen molar-refractivity contribution in [2.24, 2.45) is 0 Å². The minimum absolute atomic E-state index is 0.168. The van der Waals surface area contributed by atoms with Gasteiger partial charge in [-0.1, -0.05) is 15.9 Å². The minimum atomic E-state index is -3.63. The number of aromatic nitrogens is 2. The van der Waals surface area contributed by atoms with Gasteiger partial charge in [0.2, 0.25) is 10.0 Å². The number of halogens is 1. The fraction of sp³-hybridized carbons (Fsp3) is 0.308. The van der Waals surface area contributed by atoms with E-state index in [0.717, 1.165) is 0 Å². The number of sulfonamides is 1. The summed E-state index contributed by atoms with van der Waals surface area (Å²) in [5.74, 6) is 0. The molecule has 0 aliphatic rings. The van der Waals surface area contributed by atoms with Gasteiger partial charge in [0.15, 0.2) is 0 Å². The number of nitrogens with zero attached hydrogens (tertiary/aromatic N) is 2. The van der Waals surface area contributed by atoms with E-state index in [9.17, 15) is 13.5 Å². The van der Waals surface area contributed by atoms with E-state index in [1.807, 2.05) is 0 Å². The van der Waals surface area contributed by atoms with E-state index in [2.05, 4.69) is 25.8 Å². The molecule has 2 N–H and O–H groups in total. The summed E-state index contributed by atoms with van der Waals surface area (Å²) < 4.78 is 29.6. The highest BCUT2D eigenvalue weighted by molar-refractivity contribution is 9.10. The molecule has 114 valence electrons. The van der Waals surface area contributed by atoms with Crippen LogP contribution in [-0.4, -0.2) is 29.8 Å². The van der Waals surface area contributed by atoms with Crippen LogP contribution in [0.1, 0.15) is 11.1 Å². The van der Waals surface area contributed by atoms with Crippen molar-refractivity contribution in [3.05, 3.63) is 46.2 Å². The Bertz CT molecular complexity index is 715. The Morgan fingerprint density at radius 1 is 1.43 bits per heavy atom. The first-order valence-electron chi connectivity index (χ1n) is 6.31. The summed E-state index contributed by atoms with van der Waals surface area (Å²) >= 11 is 3.31. The fourth-order valence-electron chi connectivity index (χ4n) is 1.88. The molecular formula is C13H16BrN3O3S. The zero-order valence-corrected chi connectivity index (χ0v) is 13.9. The quantitative estimate of drug-likeness (QED) is 0.801. The Kier molecular flexibility index (Phi) is 5.15. The van der Waals surface area contributed by atoms with Crippen molar-refractivity contribution < 1.29 is 13.5 Å². The van der Waals surface area contributed by atoms with Crippen molar-refractivity contribution >= 4 is 26.0 Å². The van der Waals surface area contributed by atoms with Crippen molar-refractivity contribution in [1.82, 2.24) is 14.5 Å². The summed E-state index contributed by atoms with van der Waals surface area (Å²) in [7, 11) is -3.63. The van der Waals surface area contributed by atoms with Crippen LogP contribution >= 0.6 is 15.9 Å². The number of rotatable bonds is 6. The first-order valence-corrected chi connectivity index (χ1v) is 8.58. The van der Waals surface area contributed by atoms with Crippen LogP contribution in [0, 0.1) is 6.92 Å². The molecule has 0 atom stereocenters. The Morgan fingerprint density at radius 2 is 2.19 bits per heavy atom. The van der Waals surface area contributed by atoms with Crippen LogP contribution in [0.15, 0.2) is 40.0 Å². The number of nitrogens with one attached hydrogen (secondary N) is 1. The van der Waals surface area contributed by atoms with E-state index in [1.165, 1.54) is 6.07 Å². The van der Waals surface area contributed by atoms with E-state index in [4.69, 9.17) is 0 Å². The molecule has 0 saturated heterocycles. The van der Waals surface area contributed by atoms with E-state index >= 15 is 0 Å². The molecule has 2 rings (SSSR count). The van der Waals surface area contributed by atoms with Crippen molar-refractivity contribution in [3.63, 3.8) is 0 Å². The topological polar surface area (TPSA) is 84.2 Å². The molecule has 0 amide bonds. The molecule has 21 heavy (non-hydrogen) atoms. The zero-order valence-electron chi connectivity index (χ0n) is 11.5. The van der Waals surface area contributed by atoms with Crippen molar-refractivity contribution in [2.75, 3.05) is 6.54 Å². The molecule has 0 unspecified atom stereocenters. The fourth-order valence-corrected chi connectivity index (χ4v) is 3.86. The summed E-state index contributed by atoms with van der Waals surface area (Å²) in [6.45, 7) is 2.19. The van der Waals surface area contributed by atoms with Crippen molar-refractivity contribution in [2.45, 2.75) is 25.0 Å². The monoisotopic (exact) mass is 373 g/mol. The summed E-state index contributed by atoms with van der Waals surface area (Å²) in [4.78, 5) is 0.168. The maximum absolute atomic E-state index is 12.4. The maximum atomic E-state index is 12.4. The van der Waals surface area contributed by atoms with E-state index in [1.54, 1.807) is 36.1 Å². The molecule has 1 aromatic carbocycles. The van der Waals surface area contributed by atoms with Crippen LogP contribution in [0.2, 0.25) is 0 Å². The van der Waals surface area contributed by atoms with Gasteiger partial charge in [0, 0.05) is 23.4 Å². The molecule has 0 aliphatic heterocycles. The second kappa shape index (κ2) is 6.69. The molecule has 1 aromatic heterocycles. The number of hydrogen-bond donors (Lipinski definition) is 2. The molecule has 8 heteroatoms. The van der Waals surface area contributed by atoms with Crippen molar-refractivity contribution in [1.29, 1.82) is 0 Å². The third kappa shape index (κ3) is 3.91. The lowest BCUT2D eigenvalue weighted by Crippen LogP contribution is -2.28. The predicted molar refractivity (Wildman–Crippen MR) is 82.2 cm³/mol. The lowest BCUT2D eigenvalue weighted by Gasteiger charge is -2.12. The minimum Gasteiger partial charge on any atom is -0.392 e. The van der Waals surface area contributed by atoms with Gasteiger partial charge >= 0.3 is 0 Å². The third-order valence-electron chi connectivity index (χ3n) is 3.02. The van der Waals surface area contributed by atoms with Crippen LogP contribution < -0.4 is 4.72 Å². The molecule has 6 nitrogen and oxygen atoms in total. The molecule has 0 radical (unpaired) electrons. The van der Waals surface area contributed by atoms with Crippen LogP contribution in [-0.2, 0) is 23.2 Å². The van der Waals surface area contributed by atoms with Crippen molar-refractivity contribution in [3.8, 4) is 0 Å². The van der Waals surface area contributed by atoms with Gasteiger partial charge in [-0.2, -0.15) is 5.10 Å². The predicted octanol–water partition coefficient (Wildman–Crippen LogP) is 1.42. The zero-order chi connectivity index (χ0) is 15.5. The van der Waals surface area contributed by atoms with Crippen LogP contribution in [0.25, 0.3) is 0 Å². The van der Waals surface area contributed by atoms with Gasteiger partial charge in [0.1, 0.15) is 0 Å². The highest BCUT2D eigenvalue weighted by Gasteiger charge is 2.19. The van der Waals surface area contributed by atoms with E-state index in [-0.39, 0.29) is 18.0 Å². The van der Waals surface area contributed by atoms with Crippen LogP contribution in [0.5, 0.6) is 0 Å². The Morgan fingerprint density at radius 3 is 2.81 bits per heavy atom. The van der Waals surface area contributed by atoms with Crippen LogP contribution in [0.3, 0.4) is 0 Å². The lowest BCUT2D eigenvalue weighted by molar-refractivity contribution is 0.281. The Hall–Kier alpha value is -1.22. The molecule has 1 heterocycles. The first-order chi connectivity index (χ1) is 9.94. The second-order valence-electron chi connectivity index (χ2n) is 4.53. The van der Waals surface area contributed by atoms with Gasteiger partial charge in [0.25, 0.3) is 0 Å².